The maximum atomic E-state index is 12.9. The van der Waals surface area contributed by atoms with Gasteiger partial charge >= 0.3 is 0 Å². The Balaban J connectivity index is 1.89. The second-order valence-electron chi connectivity index (χ2n) is 6.23. The Hall–Kier alpha value is -2.89. The lowest BCUT2D eigenvalue weighted by molar-refractivity contribution is -0.384. The number of hydrogen-bond acceptors (Lipinski definition) is 7. The zero-order valence-corrected chi connectivity index (χ0v) is 18.9. The second-order valence-corrected chi connectivity index (χ2v) is 9.29. The molecule has 0 aliphatic rings. The zero-order valence-electron chi connectivity index (χ0n) is 15.8. The smallest absolute Gasteiger partial charge is 0.279 e. The summed E-state index contributed by atoms with van der Waals surface area (Å²) in [4.78, 5) is 9.81. The van der Waals surface area contributed by atoms with E-state index in [1.807, 2.05) is 0 Å². The first-order chi connectivity index (χ1) is 15.0. The highest BCUT2D eigenvalue weighted by molar-refractivity contribution is 7.89. The topological polar surface area (TPSA) is 140 Å². The molecule has 32 heavy (non-hydrogen) atoms. The summed E-state index contributed by atoms with van der Waals surface area (Å²) in [5.74, 6) is 5.35. The molecule has 3 rings (SSSR count). The van der Waals surface area contributed by atoms with Crippen molar-refractivity contribution in [1.82, 2.24) is 4.41 Å². The molecule has 0 aliphatic carbocycles. The maximum Gasteiger partial charge on any atom is 0.279 e. The molecule has 0 aromatic heterocycles. The fraction of sp³-hybridized carbons (Fsp3) is 0. The molecule has 0 saturated carbocycles. The summed E-state index contributed by atoms with van der Waals surface area (Å²) >= 11 is 18.2. The van der Waals surface area contributed by atoms with E-state index in [-0.39, 0.29) is 42.1 Å². The van der Waals surface area contributed by atoms with Crippen molar-refractivity contribution < 1.29 is 18.1 Å². The van der Waals surface area contributed by atoms with Crippen LogP contribution in [0.3, 0.4) is 0 Å². The van der Waals surface area contributed by atoms with E-state index in [9.17, 15) is 18.5 Å². The van der Waals surface area contributed by atoms with Gasteiger partial charge in [0.05, 0.1) is 19.9 Å². The third-order valence-corrected chi connectivity index (χ3v) is 6.48. The number of hydrazine groups is 1. The van der Waals surface area contributed by atoms with Crippen LogP contribution < -0.4 is 10.6 Å². The van der Waals surface area contributed by atoms with Crippen molar-refractivity contribution in [2.75, 3.05) is 0 Å². The monoisotopic (exact) mass is 514 g/mol. The molecule has 0 atom stereocenters. The van der Waals surface area contributed by atoms with Crippen LogP contribution in [-0.2, 0) is 10.0 Å². The van der Waals surface area contributed by atoms with Crippen LogP contribution in [0.25, 0.3) is 0 Å². The minimum Gasteiger partial charge on any atom is -0.454 e. The fourth-order valence-corrected chi connectivity index (χ4v) is 4.43. The number of nitrogens with one attached hydrogen (secondary N) is 1. The van der Waals surface area contributed by atoms with Crippen molar-refractivity contribution >= 4 is 56.3 Å². The Morgan fingerprint density at radius 1 is 1.00 bits per heavy atom. The van der Waals surface area contributed by atoms with Crippen LogP contribution in [0.15, 0.2) is 65.6 Å². The summed E-state index contributed by atoms with van der Waals surface area (Å²) in [6.45, 7) is 0. The molecular weight excluding hydrogens is 503 g/mol. The summed E-state index contributed by atoms with van der Waals surface area (Å²) in [6.07, 6.45) is 0. The number of rotatable bonds is 6. The third-order valence-electron chi connectivity index (χ3n) is 4.13. The number of ether oxygens (including phenoxy) is 1. The summed E-state index contributed by atoms with van der Waals surface area (Å²) in [5.41, 5.74) is 0.0814. The Labute approximate surface area is 197 Å². The molecule has 0 spiro atoms. The molecular formula is C19H13Cl3N4O5S. The number of halogens is 3. The highest BCUT2D eigenvalue weighted by Crippen LogP contribution is 2.39. The molecule has 166 valence electrons. The lowest BCUT2D eigenvalue weighted by atomic mass is 10.2. The number of non-ortho nitro benzene ring substituents is 1. The van der Waals surface area contributed by atoms with Crippen LogP contribution >= 0.6 is 34.8 Å². The highest BCUT2D eigenvalue weighted by atomic mass is 35.5. The summed E-state index contributed by atoms with van der Waals surface area (Å²) < 4.78 is 31.6. The molecule has 0 heterocycles. The largest absolute Gasteiger partial charge is 0.454 e. The Bertz CT molecular complexity index is 1280. The van der Waals surface area contributed by atoms with E-state index in [4.69, 9.17) is 50.8 Å². The van der Waals surface area contributed by atoms with Gasteiger partial charge in [-0.15, -0.1) is 0 Å². The van der Waals surface area contributed by atoms with Gasteiger partial charge in [-0.1, -0.05) is 34.8 Å². The van der Waals surface area contributed by atoms with Gasteiger partial charge in [0.1, 0.15) is 5.75 Å². The van der Waals surface area contributed by atoms with Gasteiger partial charge in [-0.25, -0.2) is 5.84 Å². The third kappa shape index (κ3) is 4.95. The van der Waals surface area contributed by atoms with E-state index in [1.54, 1.807) is 0 Å². The van der Waals surface area contributed by atoms with Crippen molar-refractivity contribution in [3.8, 4) is 11.5 Å². The fourth-order valence-electron chi connectivity index (χ4n) is 2.51. The van der Waals surface area contributed by atoms with Crippen molar-refractivity contribution in [3.63, 3.8) is 0 Å². The molecule has 13 heteroatoms. The number of nitrogens with two attached hydrogens (primary N) is 1. The Morgan fingerprint density at radius 3 is 2.03 bits per heavy atom. The second kappa shape index (κ2) is 9.31. The predicted octanol–water partition coefficient (Wildman–Crippen LogP) is 5.24. The molecule has 0 radical (unpaired) electrons. The Kier molecular flexibility index (Phi) is 6.91. The van der Waals surface area contributed by atoms with Gasteiger partial charge in [0, 0.05) is 22.7 Å². The first-order valence-corrected chi connectivity index (χ1v) is 11.1. The van der Waals surface area contributed by atoms with Crippen LogP contribution in [0.5, 0.6) is 11.5 Å². The minimum atomic E-state index is -4.39. The van der Waals surface area contributed by atoms with E-state index in [0.29, 0.717) is 5.02 Å². The minimum absolute atomic E-state index is 0.0579. The van der Waals surface area contributed by atoms with Crippen molar-refractivity contribution in [2.45, 2.75) is 4.90 Å². The number of nitro groups is 1. The molecule has 0 bridgehead atoms. The molecule has 0 aliphatic heterocycles. The first-order valence-electron chi connectivity index (χ1n) is 8.56. The van der Waals surface area contributed by atoms with Gasteiger partial charge in [-0.2, -0.15) is 12.8 Å². The predicted molar refractivity (Wildman–Crippen MR) is 121 cm³/mol. The number of hydrogen-bond donors (Lipinski definition) is 2. The SMILES string of the molecule is N=C(c1ccc(Cl)cc1)N(N)S(=O)(=O)c1cc(Cl)c(Oc2ccc([N+](=O)[O-])cc2)c(Cl)c1. The lowest BCUT2D eigenvalue weighted by Gasteiger charge is -2.20. The van der Waals surface area contributed by atoms with Gasteiger partial charge in [0.15, 0.2) is 11.6 Å². The molecule has 3 aromatic carbocycles. The Morgan fingerprint density at radius 2 is 1.53 bits per heavy atom. The van der Waals surface area contributed by atoms with Gasteiger partial charge in [-0.3, -0.25) is 15.5 Å². The lowest BCUT2D eigenvalue weighted by Crippen LogP contribution is -2.42. The number of amidine groups is 1. The molecule has 3 N–H and O–H groups in total. The maximum absolute atomic E-state index is 12.9. The van der Waals surface area contributed by atoms with Crippen LogP contribution in [0.1, 0.15) is 5.56 Å². The molecule has 0 saturated heterocycles. The van der Waals surface area contributed by atoms with Gasteiger partial charge in [-0.05, 0) is 48.5 Å². The van der Waals surface area contributed by atoms with Crippen LogP contribution in [0, 0.1) is 15.5 Å². The zero-order chi connectivity index (χ0) is 23.6. The number of sulfonamides is 1. The summed E-state index contributed by atoms with van der Waals surface area (Å²) in [6, 6.07) is 13.1. The van der Waals surface area contributed by atoms with Gasteiger partial charge < -0.3 is 4.74 Å². The molecule has 3 aromatic rings. The van der Waals surface area contributed by atoms with E-state index in [2.05, 4.69) is 0 Å². The average molecular weight is 516 g/mol. The van der Waals surface area contributed by atoms with Crippen LogP contribution in [0.4, 0.5) is 5.69 Å². The van der Waals surface area contributed by atoms with Gasteiger partial charge in [0.2, 0.25) is 0 Å². The quantitative estimate of drug-likeness (QED) is 0.151. The highest BCUT2D eigenvalue weighted by Gasteiger charge is 2.27. The summed E-state index contributed by atoms with van der Waals surface area (Å²) in [7, 11) is -4.39. The van der Waals surface area contributed by atoms with Crippen molar-refractivity contribution in [3.05, 3.63) is 91.4 Å². The standard InChI is InChI=1S/C19H13Cl3N4O5S/c20-12-3-1-11(2-4-12)19(23)25(24)32(29,30)15-9-16(21)18(17(22)10-15)31-14-7-5-13(6-8-14)26(27)28/h1-10,23H,24H2. The average Bonchev–Trinajstić information content (AvgIpc) is 2.75. The van der Waals surface area contributed by atoms with E-state index in [0.717, 1.165) is 12.1 Å². The van der Waals surface area contributed by atoms with Crippen molar-refractivity contribution in [1.29, 1.82) is 5.41 Å². The van der Waals surface area contributed by atoms with E-state index in [1.165, 1.54) is 48.5 Å². The molecule has 0 unspecified atom stereocenters. The van der Waals surface area contributed by atoms with E-state index < -0.39 is 20.8 Å². The molecule has 0 fully saturated rings. The van der Waals surface area contributed by atoms with Crippen molar-refractivity contribution in [2.24, 2.45) is 5.84 Å². The normalized spacial score (nSPS) is 11.1. The number of nitro benzene ring substituents is 1. The summed E-state index contributed by atoms with van der Waals surface area (Å²) in [5, 5.41) is 19.0. The number of nitrogens with zero attached hydrogens (tertiary/aromatic N) is 2. The first kappa shape index (κ1) is 23.8. The van der Waals surface area contributed by atoms with Gasteiger partial charge in [0.25, 0.3) is 15.7 Å². The number of benzene rings is 3. The van der Waals surface area contributed by atoms with E-state index >= 15 is 0 Å². The molecule has 0 amide bonds. The van der Waals surface area contributed by atoms with Crippen LogP contribution in [0.2, 0.25) is 15.1 Å². The van der Waals surface area contributed by atoms with Crippen LogP contribution in [-0.4, -0.2) is 23.6 Å². The molecule has 9 nitrogen and oxygen atoms in total.